The molecule has 0 fully saturated rings. The molecule has 39 heavy (non-hydrogen) atoms. The maximum atomic E-state index is 13.7. The molecule has 4 heterocycles. The number of nitrogens with zero attached hydrogens (tertiary/aromatic N) is 5. The Bertz CT molecular complexity index is 1700. The van der Waals surface area contributed by atoms with Gasteiger partial charge in [-0.05, 0) is 43.3 Å². The van der Waals surface area contributed by atoms with Crippen molar-refractivity contribution >= 4 is 21.6 Å². The van der Waals surface area contributed by atoms with Gasteiger partial charge in [-0.3, -0.25) is 9.29 Å². The molecule has 0 aliphatic heterocycles. The van der Waals surface area contributed by atoms with Crippen molar-refractivity contribution in [2.24, 2.45) is 0 Å². The molecule has 1 aromatic carbocycles. The molecule has 0 unspecified atom stereocenters. The fraction of sp³-hybridized carbons (Fsp3) is 0.192. The van der Waals surface area contributed by atoms with Gasteiger partial charge in [-0.1, -0.05) is 18.2 Å². The van der Waals surface area contributed by atoms with E-state index >= 15 is 0 Å². The summed E-state index contributed by atoms with van der Waals surface area (Å²) in [6.45, 7) is 5.42. The Labute approximate surface area is 224 Å². The second kappa shape index (κ2) is 10.3. The summed E-state index contributed by atoms with van der Waals surface area (Å²) in [5.74, 6) is 1.70. The van der Waals surface area contributed by atoms with Gasteiger partial charge in [0.1, 0.15) is 39.9 Å². The number of ether oxygens (including phenoxy) is 2. The molecule has 0 bridgehead atoms. The van der Waals surface area contributed by atoms with Gasteiger partial charge in [0.05, 0.1) is 19.9 Å². The van der Waals surface area contributed by atoms with E-state index in [2.05, 4.69) is 26.5 Å². The normalized spacial score (nSPS) is 13.2. The average molecular weight is 551 g/mol. The van der Waals surface area contributed by atoms with Gasteiger partial charge in [0.15, 0.2) is 5.76 Å². The van der Waals surface area contributed by atoms with Crippen molar-refractivity contribution in [3.63, 3.8) is 0 Å². The van der Waals surface area contributed by atoms with Gasteiger partial charge in [0, 0.05) is 12.4 Å². The lowest BCUT2D eigenvalue weighted by Gasteiger charge is -2.21. The van der Waals surface area contributed by atoms with E-state index in [0.29, 0.717) is 34.4 Å². The van der Waals surface area contributed by atoms with Crippen molar-refractivity contribution in [1.82, 2.24) is 24.1 Å². The number of benzene rings is 1. The predicted octanol–water partition coefficient (Wildman–Crippen LogP) is 3.53. The van der Waals surface area contributed by atoms with E-state index in [4.69, 9.17) is 13.9 Å². The van der Waals surface area contributed by atoms with Crippen molar-refractivity contribution in [2.45, 2.75) is 18.3 Å². The van der Waals surface area contributed by atoms with Crippen LogP contribution in [0.2, 0.25) is 0 Å². The summed E-state index contributed by atoms with van der Waals surface area (Å²) in [4.78, 5) is 4.35. The van der Waals surface area contributed by atoms with E-state index in [1.165, 1.54) is 18.8 Å². The Balaban J connectivity index is 1.60. The highest BCUT2D eigenvalue weighted by Gasteiger charge is 2.35. The molecule has 12 nitrogen and oxygen atoms in total. The number of pyridine rings is 1. The van der Waals surface area contributed by atoms with Crippen LogP contribution in [0.1, 0.15) is 17.6 Å². The molecule has 2 N–H and O–H groups in total. The molecule has 2 atom stereocenters. The minimum atomic E-state index is -4.35. The summed E-state index contributed by atoms with van der Waals surface area (Å²) in [6, 6.07) is 13.9. The molecular weight excluding hydrogens is 524 g/mol. The van der Waals surface area contributed by atoms with Crippen LogP contribution in [0.25, 0.3) is 22.9 Å². The predicted molar refractivity (Wildman–Crippen MR) is 144 cm³/mol. The van der Waals surface area contributed by atoms with Crippen molar-refractivity contribution in [3.05, 3.63) is 85.0 Å². The number of anilines is 1. The van der Waals surface area contributed by atoms with Crippen molar-refractivity contribution < 1.29 is 27.4 Å². The first-order valence-electron chi connectivity index (χ1n) is 11.8. The largest absolute Gasteiger partial charge is 0.494 e. The van der Waals surface area contributed by atoms with Gasteiger partial charge < -0.3 is 23.4 Å². The number of hydrogen-bond donors (Lipinski definition) is 2. The Morgan fingerprint density at radius 1 is 1.08 bits per heavy atom. The summed E-state index contributed by atoms with van der Waals surface area (Å²) >= 11 is 0. The number of fused-ring (bicyclic) bond motifs is 1. The van der Waals surface area contributed by atoms with Gasteiger partial charge in [-0.2, -0.15) is 0 Å². The topological polar surface area (TPSA) is 146 Å². The smallest absolute Gasteiger partial charge is 0.244 e. The summed E-state index contributed by atoms with van der Waals surface area (Å²) in [5.41, 5.74) is 1.06. The second-order valence-corrected chi connectivity index (χ2v) is 10.4. The van der Waals surface area contributed by atoms with Crippen molar-refractivity contribution in [2.75, 3.05) is 18.9 Å². The van der Waals surface area contributed by atoms with Crippen LogP contribution >= 0.6 is 0 Å². The number of aryl methyl sites for hydroxylation is 1. The number of imidazole rings is 1. The first-order valence-corrected chi connectivity index (χ1v) is 13.3. The van der Waals surface area contributed by atoms with Crippen LogP contribution in [-0.2, 0) is 10.0 Å². The van der Waals surface area contributed by atoms with E-state index in [-0.39, 0.29) is 17.5 Å². The SMILES string of the molecule is C=C[C@H]([C@H](O)c1cn2ccccc2n1)S(=O)(=O)Nc1nnc(-c2ccc(C)o2)n1-c1c(OC)cccc1OC. The lowest BCUT2D eigenvalue weighted by molar-refractivity contribution is 0.179. The Kier molecular flexibility index (Phi) is 6.85. The second-order valence-electron chi connectivity index (χ2n) is 8.53. The van der Waals surface area contributed by atoms with E-state index in [9.17, 15) is 13.5 Å². The first kappa shape index (κ1) is 26.0. The third-order valence-electron chi connectivity index (χ3n) is 6.07. The number of rotatable bonds is 10. The summed E-state index contributed by atoms with van der Waals surface area (Å²) in [6.07, 6.45) is 2.92. The Morgan fingerprint density at radius 2 is 1.82 bits per heavy atom. The standard InChI is InChI=1S/C26H26N6O6S/c1-5-21(24(33)17-15-31-14-7-6-11-22(31)27-17)39(34,35)30-26-29-28-25(20-13-12-16(2)38-20)32(26)23-18(36-3)9-8-10-19(23)37-4/h5-15,21,24,33H,1H2,2-4H3,(H,29,30)/t21-,24-/m1/s1. The van der Waals surface area contributed by atoms with Crippen LogP contribution < -0.4 is 14.2 Å². The zero-order valence-electron chi connectivity index (χ0n) is 21.3. The van der Waals surface area contributed by atoms with Gasteiger partial charge >= 0.3 is 0 Å². The summed E-state index contributed by atoms with van der Waals surface area (Å²) in [5, 5.41) is 17.9. The van der Waals surface area contributed by atoms with Crippen molar-refractivity contribution in [1.29, 1.82) is 0 Å². The maximum absolute atomic E-state index is 13.7. The number of hydrogen-bond acceptors (Lipinski definition) is 9. The molecule has 0 amide bonds. The summed E-state index contributed by atoms with van der Waals surface area (Å²) < 4.78 is 49.8. The van der Waals surface area contributed by atoms with Crippen LogP contribution in [0.5, 0.6) is 11.5 Å². The molecule has 0 aliphatic carbocycles. The molecule has 5 rings (SSSR count). The fourth-order valence-electron chi connectivity index (χ4n) is 4.21. The van der Waals surface area contributed by atoms with Gasteiger partial charge in [-0.25, -0.2) is 13.4 Å². The number of aromatic nitrogens is 5. The number of sulfonamides is 1. The highest BCUT2D eigenvalue weighted by molar-refractivity contribution is 7.93. The van der Waals surface area contributed by atoms with E-state index in [1.54, 1.807) is 72.2 Å². The lowest BCUT2D eigenvalue weighted by atomic mass is 10.2. The van der Waals surface area contributed by atoms with Crippen LogP contribution in [0.3, 0.4) is 0 Å². The highest BCUT2D eigenvalue weighted by Crippen LogP contribution is 2.38. The molecule has 202 valence electrons. The minimum Gasteiger partial charge on any atom is -0.494 e. The molecule has 0 saturated carbocycles. The molecule has 0 aliphatic rings. The average Bonchev–Trinajstić information content (AvgIpc) is 3.66. The third kappa shape index (κ3) is 4.73. The molecule has 0 radical (unpaired) electrons. The number of methoxy groups -OCH3 is 2. The molecule has 4 aromatic heterocycles. The van der Waals surface area contributed by atoms with Gasteiger partial charge in [0.2, 0.25) is 21.8 Å². The zero-order valence-corrected chi connectivity index (χ0v) is 22.2. The summed E-state index contributed by atoms with van der Waals surface area (Å²) in [7, 11) is -1.40. The third-order valence-corrected chi connectivity index (χ3v) is 7.70. The molecule has 0 saturated heterocycles. The zero-order chi connectivity index (χ0) is 27.7. The van der Waals surface area contributed by atoms with Gasteiger partial charge in [-0.15, -0.1) is 16.8 Å². The Morgan fingerprint density at radius 3 is 2.44 bits per heavy atom. The van der Waals surface area contributed by atoms with Gasteiger partial charge in [0.25, 0.3) is 0 Å². The number of para-hydroxylation sites is 1. The van der Waals surface area contributed by atoms with E-state index < -0.39 is 21.4 Å². The van der Waals surface area contributed by atoms with Crippen LogP contribution in [0.15, 0.2) is 78.0 Å². The fourth-order valence-corrected chi connectivity index (χ4v) is 5.47. The van der Waals surface area contributed by atoms with Crippen LogP contribution in [-0.4, -0.2) is 57.1 Å². The molecule has 5 aromatic rings. The number of aliphatic hydroxyl groups excluding tert-OH is 1. The molecular formula is C26H26N6O6S. The highest BCUT2D eigenvalue weighted by atomic mass is 32.2. The number of aliphatic hydroxyl groups is 1. The molecule has 13 heteroatoms. The van der Waals surface area contributed by atoms with Crippen molar-refractivity contribution in [3.8, 4) is 28.8 Å². The minimum absolute atomic E-state index is 0.163. The first-order chi connectivity index (χ1) is 18.8. The van der Waals surface area contributed by atoms with Crippen LogP contribution in [0, 0.1) is 6.92 Å². The maximum Gasteiger partial charge on any atom is 0.244 e. The van der Waals surface area contributed by atoms with E-state index in [0.717, 1.165) is 6.08 Å². The quantitative estimate of drug-likeness (QED) is 0.249. The van der Waals surface area contributed by atoms with Crippen LogP contribution in [0.4, 0.5) is 5.95 Å². The Hall–Kier alpha value is -4.62. The molecule has 0 spiro atoms. The number of furan rings is 1. The number of nitrogens with one attached hydrogen (secondary N) is 1. The van der Waals surface area contributed by atoms with E-state index in [1.807, 2.05) is 0 Å². The lowest BCUT2D eigenvalue weighted by Crippen LogP contribution is -2.32. The monoisotopic (exact) mass is 550 g/mol.